The molecule has 1 heterocycles. The number of aliphatic carboxylic acids is 1. The third-order valence-electron chi connectivity index (χ3n) is 4.45. The van der Waals surface area contributed by atoms with E-state index in [0.29, 0.717) is 0 Å². The second-order valence-electron chi connectivity index (χ2n) is 6.53. The predicted octanol–water partition coefficient (Wildman–Crippen LogP) is 1.02. The largest absolute Gasteiger partial charge is 1.00 e. The molecule has 0 saturated carbocycles. The van der Waals surface area contributed by atoms with Crippen LogP contribution in [0.15, 0.2) is 12.4 Å². The molecule has 0 radical (unpaired) electrons. The fourth-order valence-corrected chi connectivity index (χ4v) is 3.04. The van der Waals surface area contributed by atoms with Crippen molar-refractivity contribution in [2.75, 3.05) is 0 Å². The topological polar surface area (TPSA) is 69.9 Å². The Hall–Kier alpha value is -1.54. The summed E-state index contributed by atoms with van der Waals surface area (Å²) < 4.78 is 3.65. The molecule has 1 aromatic rings. The van der Waals surface area contributed by atoms with Gasteiger partial charge in [-0.1, -0.05) is 58.3 Å². The molecule has 1 atom stereocenters. The van der Waals surface area contributed by atoms with Crippen LogP contribution in [0.25, 0.3) is 0 Å². The van der Waals surface area contributed by atoms with Gasteiger partial charge in [0.2, 0.25) is 0 Å². The number of carboxylic acids is 1. The van der Waals surface area contributed by atoms with E-state index in [9.17, 15) is 4.79 Å². The van der Waals surface area contributed by atoms with Crippen molar-refractivity contribution in [1.29, 1.82) is 5.26 Å². The van der Waals surface area contributed by atoms with Gasteiger partial charge in [-0.15, -0.1) is 0 Å². The summed E-state index contributed by atoms with van der Waals surface area (Å²) in [4.78, 5) is 11.0. The third-order valence-corrected chi connectivity index (χ3v) is 4.45. The number of unbranched alkanes of at least 4 members (excludes halogenated alkanes) is 8. The molecular formula is C19H32ClN3O2. The standard InChI is InChI=1S/C19H31N3O2.ClH/c1-3-4-5-6-7-8-9-10-11-12-18-21(16-19(23)24)13-14-22(18)17(2)15-20;/h13-14,17H,3-12,16H2,1-2H3;1H. The van der Waals surface area contributed by atoms with Crippen molar-refractivity contribution < 1.29 is 26.9 Å². The lowest BCUT2D eigenvalue weighted by atomic mass is 10.1. The van der Waals surface area contributed by atoms with E-state index in [0.717, 1.165) is 25.1 Å². The van der Waals surface area contributed by atoms with Crippen molar-refractivity contribution in [3.05, 3.63) is 18.2 Å². The van der Waals surface area contributed by atoms with Crippen LogP contribution in [0.4, 0.5) is 0 Å². The molecule has 5 nitrogen and oxygen atoms in total. The molecular weight excluding hydrogens is 338 g/mol. The summed E-state index contributed by atoms with van der Waals surface area (Å²) in [7, 11) is 0. The van der Waals surface area contributed by atoms with E-state index in [1.807, 2.05) is 17.7 Å². The number of imidazole rings is 1. The Morgan fingerprint density at radius 2 is 1.76 bits per heavy atom. The summed E-state index contributed by atoms with van der Waals surface area (Å²) in [6.07, 6.45) is 15.8. The van der Waals surface area contributed by atoms with Crippen LogP contribution >= 0.6 is 0 Å². The summed E-state index contributed by atoms with van der Waals surface area (Å²) in [5.41, 5.74) is 0. The van der Waals surface area contributed by atoms with Crippen LogP contribution in [-0.4, -0.2) is 15.6 Å². The molecule has 1 unspecified atom stereocenters. The number of halogens is 1. The average molecular weight is 370 g/mol. The van der Waals surface area contributed by atoms with Gasteiger partial charge in [0.25, 0.3) is 5.82 Å². The van der Waals surface area contributed by atoms with Crippen LogP contribution in [0.2, 0.25) is 0 Å². The Morgan fingerprint density at radius 1 is 1.20 bits per heavy atom. The highest BCUT2D eigenvalue weighted by Gasteiger charge is 2.22. The summed E-state index contributed by atoms with van der Waals surface area (Å²) in [5.74, 6) is 0.0880. The SMILES string of the molecule is CCCCCCCCCCCc1n(C(C)C#N)cc[n+]1CC(=O)O.[Cl-]. The van der Waals surface area contributed by atoms with E-state index < -0.39 is 5.97 Å². The zero-order valence-electron chi connectivity index (χ0n) is 15.6. The molecule has 0 bridgehead atoms. The van der Waals surface area contributed by atoms with Crippen molar-refractivity contribution >= 4 is 5.97 Å². The molecule has 0 aliphatic carbocycles. The number of aromatic nitrogens is 2. The monoisotopic (exact) mass is 369 g/mol. The average Bonchev–Trinajstić information content (AvgIpc) is 2.94. The normalized spacial score (nSPS) is 11.6. The maximum absolute atomic E-state index is 11.0. The van der Waals surface area contributed by atoms with E-state index in [1.165, 1.54) is 44.9 Å². The van der Waals surface area contributed by atoms with E-state index in [2.05, 4.69) is 13.0 Å². The Kier molecular flexibility index (Phi) is 12.9. The smallest absolute Gasteiger partial charge is 0.346 e. The number of nitrogens with zero attached hydrogens (tertiary/aromatic N) is 3. The summed E-state index contributed by atoms with van der Waals surface area (Å²) in [6.45, 7) is 4.03. The highest BCUT2D eigenvalue weighted by molar-refractivity contribution is 5.64. The van der Waals surface area contributed by atoms with Crippen molar-refractivity contribution in [3.63, 3.8) is 0 Å². The second-order valence-corrected chi connectivity index (χ2v) is 6.53. The van der Waals surface area contributed by atoms with Crippen LogP contribution in [0.1, 0.15) is 83.5 Å². The van der Waals surface area contributed by atoms with Gasteiger partial charge >= 0.3 is 5.97 Å². The van der Waals surface area contributed by atoms with Crippen LogP contribution in [0.3, 0.4) is 0 Å². The van der Waals surface area contributed by atoms with Gasteiger partial charge in [0.05, 0.1) is 0 Å². The van der Waals surface area contributed by atoms with Crippen LogP contribution in [-0.2, 0) is 17.8 Å². The quantitative estimate of drug-likeness (QED) is 0.417. The number of carbonyl (C=O) groups is 1. The van der Waals surface area contributed by atoms with Crippen molar-refractivity contribution in [3.8, 4) is 6.07 Å². The van der Waals surface area contributed by atoms with E-state index in [1.54, 1.807) is 10.8 Å². The predicted molar refractivity (Wildman–Crippen MR) is 93.5 cm³/mol. The molecule has 1 aromatic heterocycles. The fourth-order valence-electron chi connectivity index (χ4n) is 3.04. The number of nitriles is 1. The molecule has 0 aromatic carbocycles. The molecule has 142 valence electrons. The molecule has 0 saturated heterocycles. The molecule has 0 amide bonds. The van der Waals surface area contributed by atoms with Gasteiger partial charge < -0.3 is 17.5 Å². The molecule has 1 rings (SSSR count). The second kappa shape index (κ2) is 13.7. The van der Waals surface area contributed by atoms with Gasteiger partial charge in [0.15, 0.2) is 12.6 Å². The maximum atomic E-state index is 11.0. The van der Waals surface area contributed by atoms with Crippen molar-refractivity contribution in [1.82, 2.24) is 4.57 Å². The van der Waals surface area contributed by atoms with Crippen molar-refractivity contribution in [2.24, 2.45) is 0 Å². The Bertz CT molecular complexity index is 537. The fraction of sp³-hybridized carbons (Fsp3) is 0.737. The maximum Gasteiger partial charge on any atom is 0.346 e. The zero-order valence-corrected chi connectivity index (χ0v) is 16.3. The molecule has 0 aliphatic heterocycles. The molecule has 6 heteroatoms. The van der Waals surface area contributed by atoms with Crippen LogP contribution < -0.4 is 17.0 Å². The minimum atomic E-state index is -0.851. The van der Waals surface area contributed by atoms with Crippen LogP contribution in [0.5, 0.6) is 0 Å². The minimum Gasteiger partial charge on any atom is -1.00 e. The first-order chi connectivity index (χ1) is 11.6. The van der Waals surface area contributed by atoms with Gasteiger partial charge in [0.1, 0.15) is 18.5 Å². The van der Waals surface area contributed by atoms with Gasteiger partial charge in [-0.05, 0) is 13.3 Å². The van der Waals surface area contributed by atoms with Gasteiger partial charge in [-0.3, -0.25) is 0 Å². The third kappa shape index (κ3) is 8.92. The summed E-state index contributed by atoms with van der Waals surface area (Å²) >= 11 is 0. The first-order valence-corrected chi connectivity index (χ1v) is 9.30. The highest BCUT2D eigenvalue weighted by Crippen LogP contribution is 2.13. The number of carboxylic acid groups (broad SMARTS) is 1. The summed E-state index contributed by atoms with van der Waals surface area (Å²) in [6, 6.07) is 1.96. The first-order valence-electron chi connectivity index (χ1n) is 9.30. The van der Waals surface area contributed by atoms with Crippen molar-refractivity contribution in [2.45, 2.75) is 90.6 Å². The van der Waals surface area contributed by atoms with Crippen LogP contribution in [0, 0.1) is 11.3 Å². The number of hydrogen-bond acceptors (Lipinski definition) is 2. The summed E-state index contributed by atoms with van der Waals surface area (Å²) in [5, 5.41) is 18.2. The molecule has 0 spiro atoms. The zero-order chi connectivity index (χ0) is 17.8. The molecule has 25 heavy (non-hydrogen) atoms. The van der Waals surface area contributed by atoms with E-state index in [4.69, 9.17) is 10.4 Å². The Labute approximate surface area is 158 Å². The molecule has 0 fully saturated rings. The first kappa shape index (κ1) is 23.5. The van der Waals surface area contributed by atoms with Gasteiger partial charge in [-0.2, -0.15) is 5.26 Å². The number of hydrogen-bond donors (Lipinski definition) is 1. The lowest BCUT2D eigenvalue weighted by molar-refractivity contribution is -0.693. The number of rotatable bonds is 13. The minimum absolute atomic E-state index is 0. The Balaban J connectivity index is 0.00000576. The molecule has 1 N–H and O–H groups in total. The van der Waals surface area contributed by atoms with Gasteiger partial charge in [-0.25, -0.2) is 13.9 Å². The highest BCUT2D eigenvalue weighted by atomic mass is 35.5. The van der Waals surface area contributed by atoms with E-state index in [-0.39, 0.29) is 25.0 Å². The molecule has 0 aliphatic rings. The van der Waals surface area contributed by atoms with Gasteiger partial charge in [0, 0.05) is 6.42 Å². The Morgan fingerprint density at radius 3 is 2.28 bits per heavy atom. The van der Waals surface area contributed by atoms with E-state index >= 15 is 0 Å². The lowest BCUT2D eigenvalue weighted by Crippen LogP contribution is -3.00. The lowest BCUT2D eigenvalue weighted by Gasteiger charge is -2.06.